The quantitative estimate of drug-likeness (QED) is 0.792. The van der Waals surface area contributed by atoms with E-state index in [1.54, 1.807) is 4.90 Å². The van der Waals surface area contributed by atoms with Crippen molar-refractivity contribution in [3.8, 4) is 5.88 Å². The van der Waals surface area contributed by atoms with E-state index in [1.807, 2.05) is 6.08 Å². The van der Waals surface area contributed by atoms with Crippen molar-refractivity contribution in [3.63, 3.8) is 0 Å². The van der Waals surface area contributed by atoms with Gasteiger partial charge in [0.2, 0.25) is 11.8 Å². The summed E-state index contributed by atoms with van der Waals surface area (Å²) in [6, 6.07) is 1.81. The first-order valence-corrected chi connectivity index (χ1v) is 8.07. The Kier molecular flexibility index (Phi) is 4.78. The topological polar surface area (TPSA) is 42.4 Å². The summed E-state index contributed by atoms with van der Waals surface area (Å²) < 4.78 is 43.7. The number of allylic oxidation sites excluding steroid dienone is 2. The fourth-order valence-corrected chi connectivity index (χ4v) is 3.12. The molecule has 2 unspecified atom stereocenters. The second kappa shape index (κ2) is 6.83. The van der Waals surface area contributed by atoms with E-state index in [0.717, 1.165) is 37.6 Å². The van der Waals surface area contributed by atoms with Crippen LogP contribution in [0.3, 0.4) is 0 Å². The molecule has 130 valence electrons. The van der Waals surface area contributed by atoms with Crippen molar-refractivity contribution in [1.29, 1.82) is 0 Å². The smallest absolute Gasteiger partial charge is 0.416 e. The summed E-state index contributed by atoms with van der Waals surface area (Å²) in [4.78, 5) is 18.0. The first-order valence-electron chi connectivity index (χ1n) is 8.07. The second-order valence-corrected chi connectivity index (χ2v) is 6.17. The van der Waals surface area contributed by atoms with Gasteiger partial charge in [0.1, 0.15) is 6.10 Å². The lowest BCUT2D eigenvalue weighted by Gasteiger charge is -2.24. The molecule has 0 radical (unpaired) electrons. The zero-order valence-corrected chi connectivity index (χ0v) is 13.1. The van der Waals surface area contributed by atoms with Gasteiger partial charge in [0, 0.05) is 31.1 Å². The van der Waals surface area contributed by atoms with E-state index in [-0.39, 0.29) is 23.8 Å². The molecule has 0 N–H and O–H groups in total. The molecule has 1 aliphatic carbocycles. The highest BCUT2D eigenvalue weighted by Gasteiger charge is 2.33. The van der Waals surface area contributed by atoms with Crippen molar-refractivity contribution in [1.82, 2.24) is 9.88 Å². The number of alkyl halides is 3. The van der Waals surface area contributed by atoms with Gasteiger partial charge in [0.25, 0.3) is 0 Å². The third-order valence-corrected chi connectivity index (χ3v) is 4.42. The predicted molar refractivity (Wildman–Crippen MR) is 81.3 cm³/mol. The van der Waals surface area contributed by atoms with Gasteiger partial charge in [0.15, 0.2) is 0 Å². The van der Waals surface area contributed by atoms with Crippen molar-refractivity contribution >= 4 is 5.91 Å². The lowest BCUT2D eigenvalue weighted by atomic mass is 9.93. The number of amides is 1. The van der Waals surface area contributed by atoms with Crippen LogP contribution in [0.2, 0.25) is 0 Å². The van der Waals surface area contributed by atoms with Crippen LogP contribution in [0.5, 0.6) is 5.88 Å². The highest BCUT2D eigenvalue weighted by atomic mass is 19.4. The first-order chi connectivity index (χ1) is 11.4. The van der Waals surface area contributed by atoms with Gasteiger partial charge >= 0.3 is 6.18 Å². The van der Waals surface area contributed by atoms with Crippen LogP contribution in [0, 0.1) is 5.92 Å². The third-order valence-electron chi connectivity index (χ3n) is 4.42. The Bertz CT molecular complexity index is 631. The van der Waals surface area contributed by atoms with E-state index in [0.29, 0.717) is 19.5 Å². The summed E-state index contributed by atoms with van der Waals surface area (Å²) in [6.07, 6.45) is 3.59. The van der Waals surface area contributed by atoms with Gasteiger partial charge in [-0.3, -0.25) is 4.79 Å². The van der Waals surface area contributed by atoms with Crippen LogP contribution in [-0.4, -0.2) is 35.0 Å². The summed E-state index contributed by atoms with van der Waals surface area (Å²) in [5, 5.41) is 0. The summed E-state index contributed by atoms with van der Waals surface area (Å²) >= 11 is 0. The lowest BCUT2D eigenvalue weighted by Crippen LogP contribution is -2.36. The number of nitrogens with zero attached hydrogens (tertiary/aromatic N) is 2. The molecule has 1 aromatic heterocycles. The average molecular weight is 340 g/mol. The Hall–Kier alpha value is -2.05. The minimum Gasteiger partial charge on any atom is -0.472 e. The molecule has 0 saturated carbocycles. The van der Waals surface area contributed by atoms with E-state index in [2.05, 4.69) is 11.1 Å². The molecule has 2 aliphatic rings. The van der Waals surface area contributed by atoms with Gasteiger partial charge in [-0.1, -0.05) is 12.2 Å². The van der Waals surface area contributed by atoms with Crippen molar-refractivity contribution in [2.24, 2.45) is 5.92 Å². The van der Waals surface area contributed by atoms with E-state index in [9.17, 15) is 18.0 Å². The molecule has 0 aromatic carbocycles. The van der Waals surface area contributed by atoms with E-state index >= 15 is 0 Å². The number of ether oxygens (including phenoxy) is 1. The highest BCUT2D eigenvalue weighted by molar-refractivity contribution is 5.79. The number of aromatic nitrogens is 1. The number of pyridine rings is 1. The molecule has 7 heteroatoms. The molecule has 4 nitrogen and oxygen atoms in total. The number of halogens is 3. The first kappa shape index (κ1) is 16.8. The molecule has 2 heterocycles. The van der Waals surface area contributed by atoms with Gasteiger partial charge in [-0.2, -0.15) is 13.2 Å². The Morgan fingerprint density at radius 2 is 2.12 bits per heavy atom. The van der Waals surface area contributed by atoms with Crippen molar-refractivity contribution in [3.05, 3.63) is 36.0 Å². The maximum atomic E-state index is 12.7. The maximum Gasteiger partial charge on any atom is 0.416 e. The van der Waals surface area contributed by atoms with Gasteiger partial charge in [-0.15, -0.1) is 0 Å². The highest BCUT2D eigenvalue weighted by Crippen LogP contribution is 2.31. The van der Waals surface area contributed by atoms with Gasteiger partial charge in [0.05, 0.1) is 12.1 Å². The normalized spacial score (nSPS) is 24.2. The van der Waals surface area contributed by atoms with Crippen LogP contribution in [0.15, 0.2) is 30.5 Å². The Balaban J connectivity index is 1.58. The molecule has 1 aromatic rings. The number of likely N-dealkylation sites (tertiary alicyclic amines) is 1. The SMILES string of the molecule is O=C(C1CC=CCC1)N1CCC(Oc2cc(C(F)(F)F)ccn2)C1. The molecule has 1 saturated heterocycles. The predicted octanol–water partition coefficient (Wildman–Crippen LogP) is 3.44. The lowest BCUT2D eigenvalue weighted by molar-refractivity contribution is -0.137. The third kappa shape index (κ3) is 3.88. The van der Waals surface area contributed by atoms with Crippen molar-refractivity contribution in [2.45, 2.75) is 38.0 Å². The number of hydrogen-bond acceptors (Lipinski definition) is 3. The fraction of sp³-hybridized carbons (Fsp3) is 0.529. The summed E-state index contributed by atoms with van der Waals surface area (Å²) in [5.74, 6) is 0.0765. The molecular formula is C17H19F3N2O2. The van der Waals surface area contributed by atoms with Crippen LogP contribution in [0.1, 0.15) is 31.2 Å². The molecule has 0 bridgehead atoms. The van der Waals surface area contributed by atoms with Crippen LogP contribution < -0.4 is 4.74 Å². The van der Waals surface area contributed by atoms with Gasteiger partial charge < -0.3 is 9.64 Å². The monoisotopic (exact) mass is 340 g/mol. The number of carbonyl (C=O) groups excluding carboxylic acids is 1. The molecule has 24 heavy (non-hydrogen) atoms. The molecule has 1 aliphatic heterocycles. The van der Waals surface area contributed by atoms with Crippen LogP contribution in [-0.2, 0) is 11.0 Å². The largest absolute Gasteiger partial charge is 0.472 e. The Labute approximate surface area is 138 Å². The molecule has 1 amide bonds. The average Bonchev–Trinajstić information content (AvgIpc) is 3.03. The Morgan fingerprint density at radius 1 is 1.29 bits per heavy atom. The number of carbonyl (C=O) groups is 1. The second-order valence-electron chi connectivity index (χ2n) is 6.17. The van der Waals surface area contributed by atoms with Crippen molar-refractivity contribution in [2.75, 3.05) is 13.1 Å². The Morgan fingerprint density at radius 3 is 2.83 bits per heavy atom. The van der Waals surface area contributed by atoms with E-state index in [1.165, 1.54) is 0 Å². The molecule has 0 spiro atoms. The van der Waals surface area contributed by atoms with Crippen LogP contribution in [0.4, 0.5) is 13.2 Å². The van der Waals surface area contributed by atoms with E-state index in [4.69, 9.17) is 4.74 Å². The minimum atomic E-state index is -4.42. The fourth-order valence-electron chi connectivity index (χ4n) is 3.12. The zero-order chi connectivity index (χ0) is 17.2. The van der Waals surface area contributed by atoms with Gasteiger partial charge in [-0.05, 0) is 25.3 Å². The molecular weight excluding hydrogens is 321 g/mol. The molecule has 1 fully saturated rings. The van der Waals surface area contributed by atoms with Crippen molar-refractivity contribution < 1.29 is 22.7 Å². The number of rotatable bonds is 3. The van der Waals surface area contributed by atoms with E-state index < -0.39 is 11.7 Å². The van der Waals surface area contributed by atoms with Crippen LogP contribution >= 0.6 is 0 Å². The zero-order valence-electron chi connectivity index (χ0n) is 13.1. The number of hydrogen-bond donors (Lipinski definition) is 0. The molecule has 2 atom stereocenters. The standard InChI is InChI=1S/C17H19F3N2O2/c18-17(19,20)13-6-8-21-15(10-13)24-14-7-9-22(11-14)16(23)12-4-2-1-3-5-12/h1-2,6,8,10,12,14H,3-5,7,9,11H2. The summed E-state index contributed by atoms with van der Waals surface area (Å²) in [6.45, 7) is 0.972. The minimum absolute atomic E-state index is 0.0143. The summed E-state index contributed by atoms with van der Waals surface area (Å²) in [5.41, 5.74) is -0.785. The van der Waals surface area contributed by atoms with Gasteiger partial charge in [-0.25, -0.2) is 4.98 Å². The molecule has 3 rings (SSSR count). The summed E-state index contributed by atoms with van der Waals surface area (Å²) in [7, 11) is 0. The maximum absolute atomic E-state index is 12.7. The van der Waals surface area contributed by atoms with Crippen LogP contribution in [0.25, 0.3) is 0 Å².